The average molecular weight is 1120 g/mol. The summed E-state index contributed by atoms with van der Waals surface area (Å²) >= 11 is 0. The van der Waals surface area contributed by atoms with Crippen LogP contribution in [0.3, 0.4) is 0 Å². The van der Waals surface area contributed by atoms with Crippen LogP contribution in [0.1, 0.15) is 125 Å². The van der Waals surface area contributed by atoms with E-state index in [-0.39, 0.29) is 58.0 Å². The van der Waals surface area contributed by atoms with Crippen molar-refractivity contribution in [3.8, 4) is 0 Å². The monoisotopic (exact) mass is 1120 g/mol. The van der Waals surface area contributed by atoms with Crippen molar-refractivity contribution in [2.24, 2.45) is 35.1 Å². The molecule has 0 bridgehead atoms. The Morgan fingerprint density at radius 3 is 1.66 bits per heavy atom. The third kappa shape index (κ3) is 16.7. The van der Waals surface area contributed by atoms with Crippen molar-refractivity contribution >= 4 is 70.9 Å². The molecule has 0 radical (unpaired) electrons. The number of benzene rings is 1. The lowest BCUT2D eigenvalue weighted by molar-refractivity contribution is -0.167. The minimum Gasteiger partial charge on any atom is -0.450 e. The van der Waals surface area contributed by atoms with Crippen molar-refractivity contribution in [3.63, 3.8) is 0 Å². The van der Waals surface area contributed by atoms with E-state index in [1.54, 1.807) is 85.7 Å². The number of ether oxygens (including phenoxy) is 1. The molecule has 11 amide bonds. The molecule has 444 valence electrons. The third-order valence-corrected chi connectivity index (χ3v) is 15.9. The lowest BCUT2D eigenvalue weighted by atomic mass is 9.95. The van der Waals surface area contributed by atoms with Gasteiger partial charge in [0.2, 0.25) is 59.1 Å². The largest absolute Gasteiger partial charge is 0.450 e. The molecule has 3 heterocycles. The van der Waals surface area contributed by atoms with E-state index >= 15 is 0 Å². The average Bonchev–Trinajstić information content (AvgIpc) is 4.12. The Kier molecular flexibility index (Phi) is 24.4. The van der Waals surface area contributed by atoms with Gasteiger partial charge in [0.05, 0.1) is 6.54 Å². The molecule has 24 nitrogen and oxygen atoms in total. The second-order valence-corrected chi connectivity index (χ2v) is 22.3. The summed E-state index contributed by atoms with van der Waals surface area (Å²) < 4.78 is 6.00. The molecule has 0 spiro atoms. The van der Waals surface area contributed by atoms with Gasteiger partial charge < -0.3 is 62.0 Å². The molecule has 3 aliphatic rings. The van der Waals surface area contributed by atoms with Crippen LogP contribution in [0.5, 0.6) is 0 Å². The lowest BCUT2D eigenvalue weighted by Crippen LogP contribution is -2.61. The number of fused-ring (bicyclic) bond motifs is 2. The van der Waals surface area contributed by atoms with Crippen molar-refractivity contribution in [1.29, 1.82) is 0 Å². The van der Waals surface area contributed by atoms with E-state index in [0.29, 0.717) is 31.2 Å². The number of nitrogens with one attached hydrogen (secondary N) is 4. The van der Waals surface area contributed by atoms with Gasteiger partial charge in [-0.2, -0.15) is 0 Å². The number of carbonyl (C=O) groups is 12. The standard InChI is InChI=1S/C56H87N11O13/c1-12-33(7)45-54(77)67-28-18-22-39(67)50(73)61-44(31(3)4)53(76)64(10)40(24-26-42(58)69)56(79)80-47(34(8)13-2)51(74)60-36(29-35-19-15-14-16-20-35)52(75)66-27-17-21-38(66)48(71)59-30-43(70)65(11)46(32(5)6)55(78)63(9)37(49(72)62-45)23-25-41(57)68/h14-16,19-20,31-34,36-40,44-47H,12-13,17-18,21-30H2,1-11H3,(H2,57,68)(H2,58,69)(H,59,71)(H,60,74)(H,61,73)(H,62,72). The SMILES string of the molecule is CCC(C)C1NC(=O)C(CCC(N)=O)N(C)C(=O)C(C(C)C)N(C)C(=O)CNC(=O)C2CCCN2C(=O)C(Cc2ccccc2)NC(=O)C(C(C)CC)OC(=O)C(CCC(N)=O)N(C)C(=O)C(C(C)C)NC(=O)C2CCCN2C1=O. The highest BCUT2D eigenvalue weighted by atomic mass is 16.6. The molecule has 4 rings (SSSR count). The van der Waals surface area contributed by atoms with Gasteiger partial charge in [-0.3, -0.25) is 52.7 Å². The maximum atomic E-state index is 14.8. The van der Waals surface area contributed by atoms with Gasteiger partial charge >= 0.3 is 5.97 Å². The van der Waals surface area contributed by atoms with Crippen molar-refractivity contribution in [2.75, 3.05) is 40.8 Å². The van der Waals surface area contributed by atoms with E-state index in [4.69, 9.17) is 16.2 Å². The van der Waals surface area contributed by atoms with Gasteiger partial charge in [-0.25, -0.2) is 4.79 Å². The Morgan fingerprint density at radius 2 is 1.12 bits per heavy atom. The lowest BCUT2D eigenvalue weighted by Gasteiger charge is -2.37. The fourth-order valence-corrected chi connectivity index (χ4v) is 10.6. The number of carbonyl (C=O) groups excluding carboxylic acids is 12. The second-order valence-electron chi connectivity index (χ2n) is 22.3. The van der Waals surface area contributed by atoms with Crippen LogP contribution < -0.4 is 32.7 Å². The van der Waals surface area contributed by atoms with E-state index in [1.807, 2.05) is 0 Å². The smallest absolute Gasteiger partial charge is 0.329 e. The van der Waals surface area contributed by atoms with Gasteiger partial charge in [0.15, 0.2) is 6.10 Å². The van der Waals surface area contributed by atoms with E-state index in [0.717, 1.165) is 14.7 Å². The number of likely N-dealkylation sites (N-methyl/N-ethyl adjacent to an activating group) is 3. The molecule has 1 aromatic rings. The van der Waals surface area contributed by atoms with E-state index < -0.39 is 156 Å². The molecule has 0 saturated carbocycles. The van der Waals surface area contributed by atoms with Crippen LogP contribution in [0, 0.1) is 23.7 Å². The molecule has 1 aromatic carbocycles. The van der Waals surface area contributed by atoms with Gasteiger partial charge in [0, 0.05) is 59.4 Å². The zero-order valence-electron chi connectivity index (χ0n) is 48.5. The zero-order chi connectivity index (χ0) is 59.9. The number of hydrogen-bond acceptors (Lipinski definition) is 13. The molecule has 0 aliphatic carbocycles. The molecule has 3 aliphatic heterocycles. The van der Waals surface area contributed by atoms with Gasteiger partial charge in [-0.1, -0.05) is 92.1 Å². The molecular weight excluding hydrogens is 1030 g/mol. The van der Waals surface area contributed by atoms with Gasteiger partial charge in [0.25, 0.3) is 5.91 Å². The highest BCUT2D eigenvalue weighted by Gasteiger charge is 2.45. The van der Waals surface area contributed by atoms with E-state index in [1.165, 1.54) is 30.9 Å². The topological polar surface area (TPSA) is 330 Å². The first-order valence-electron chi connectivity index (χ1n) is 28.1. The summed E-state index contributed by atoms with van der Waals surface area (Å²) in [6.07, 6.45) is -1.07. The summed E-state index contributed by atoms with van der Waals surface area (Å²) in [4.78, 5) is 175. The summed E-state index contributed by atoms with van der Waals surface area (Å²) in [5.41, 5.74) is 11.8. The number of amides is 11. The van der Waals surface area contributed by atoms with Gasteiger partial charge in [0.1, 0.15) is 48.3 Å². The fourth-order valence-electron chi connectivity index (χ4n) is 10.6. The van der Waals surface area contributed by atoms with E-state index in [2.05, 4.69) is 21.3 Å². The first-order valence-corrected chi connectivity index (χ1v) is 28.1. The van der Waals surface area contributed by atoms with Crippen LogP contribution in [0.2, 0.25) is 0 Å². The summed E-state index contributed by atoms with van der Waals surface area (Å²) in [5, 5.41) is 11.0. The number of esters is 1. The maximum absolute atomic E-state index is 14.8. The Bertz CT molecular complexity index is 2420. The summed E-state index contributed by atoms with van der Waals surface area (Å²) in [7, 11) is 4.00. The minimum absolute atomic E-state index is 0.0448. The molecule has 80 heavy (non-hydrogen) atoms. The van der Waals surface area contributed by atoms with Crippen molar-refractivity contribution in [1.82, 2.24) is 45.8 Å². The number of rotatable bonds is 14. The third-order valence-electron chi connectivity index (χ3n) is 15.9. The molecule has 11 unspecified atom stereocenters. The van der Waals surface area contributed by atoms with E-state index in [9.17, 15) is 57.5 Å². The number of primary amides is 2. The quantitative estimate of drug-likeness (QED) is 0.135. The van der Waals surface area contributed by atoms with Crippen molar-refractivity contribution < 1.29 is 62.3 Å². The van der Waals surface area contributed by atoms with Gasteiger partial charge in [-0.05, 0) is 68.3 Å². The Morgan fingerprint density at radius 1 is 0.600 bits per heavy atom. The first-order chi connectivity index (χ1) is 37.7. The number of cyclic esters (lactones) is 1. The Hall–Kier alpha value is -7.14. The maximum Gasteiger partial charge on any atom is 0.329 e. The van der Waals surface area contributed by atoms with Crippen molar-refractivity contribution in [3.05, 3.63) is 35.9 Å². The fraction of sp³-hybridized carbons (Fsp3) is 0.679. The molecule has 11 atom stereocenters. The van der Waals surface area contributed by atoms with Crippen LogP contribution in [-0.2, 0) is 68.7 Å². The second kappa shape index (κ2) is 29.9. The van der Waals surface area contributed by atoms with Crippen LogP contribution >= 0.6 is 0 Å². The molecular formula is C56H87N11O13. The van der Waals surface area contributed by atoms with Gasteiger partial charge in [-0.15, -0.1) is 0 Å². The predicted molar refractivity (Wildman–Crippen MR) is 293 cm³/mol. The number of hydrogen-bond donors (Lipinski definition) is 6. The summed E-state index contributed by atoms with van der Waals surface area (Å²) in [6, 6.07) is -1.41. The molecule has 3 saturated heterocycles. The van der Waals surface area contributed by atoms with Crippen LogP contribution in [0.25, 0.3) is 0 Å². The van der Waals surface area contributed by atoms with Crippen LogP contribution in [0.15, 0.2) is 30.3 Å². The summed E-state index contributed by atoms with van der Waals surface area (Å²) in [6.45, 7) is 13.3. The minimum atomic E-state index is -1.54. The van der Waals surface area contributed by atoms with Crippen LogP contribution in [-0.4, -0.2) is 191 Å². The molecule has 24 heteroatoms. The normalized spacial score (nSPS) is 27.0. The Balaban J connectivity index is 1.86. The highest BCUT2D eigenvalue weighted by molar-refractivity contribution is 5.99. The highest BCUT2D eigenvalue weighted by Crippen LogP contribution is 2.26. The Labute approximate surface area is 469 Å². The van der Waals surface area contributed by atoms with Crippen LogP contribution in [0.4, 0.5) is 0 Å². The summed E-state index contributed by atoms with van der Waals surface area (Å²) in [5.74, 6) is -11.4. The molecule has 8 N–H and O–H groups in total. The number of nitrogens with two attached hydrogens (primary N) is 2. The molecule has 0 aromatic heterocycles. The molecule has 3 fully saturated rings. The zero-order valence-corrected chi connectivity index (χ0v) is 48.5. The van der Waals surface area contributed by atoms with Crippen molar-refractivity contribution in [2.45, 2.75) is 180 Å². The number of nitrogens with zero attached hydrogens (tertiary/aromatic N) is 5. The predicted octanol–water partition coefficient (Wildman–Crippen LogP) is 0.123. The first kappa shape index (κ1) is 65.4.